The number of nitrogens with one attached hydrogen (secondary N) is 1. The van der Waals surface area contributed by atoms with Gasteiger partial charge in [0.25, 0.3) is 0 Å². The molecule has 1 N–H and O–H groups in total. The molecule has 88 valence electrons. The van der Waals surface area contributed by atoms with Crippen LogP contribution in [-0.4, -0.2) is 17.4 Å². The monoisotopic (exact) mass is 238 g/mol. The molecule has 0 aliphatic heterocycles. The van der Waals surface area contributed by atoms with Crippen molar-refractivity contribution in [3.63, 3.8) is 0 Å². The molecular weight excluding hydrogens is 220 g/mol. The number of halogens is 1. The zero-order valence-electron chi connectivity index (χ0n) is 9.75. The van der Waals surface area contributed by atoms with Crippen molar-refractivity contribution >= 4 is 17.4 Å². The molecule has 2 nitrogen and oxygen atoms in total. The first-order valence-corrected chi connectivity index (χ1v) is 6.55. The molecule has 0 aromatic carbocycles. The standard InChI is InChI=1S/C13H19ClN2/c1-10-5-6-15-13(7-10)16-9-12-4-2-3-11(12)8-14/h5-7,11-12H,2-4,8-9H2,1H3,(H,15,16). The zero-order chi connectivity index (χ0) is 11.4. The Morgan fingerprint density at radius 1 is 1.44 bits per heavy atom. The maximum atomic E-state index is 5.97. The van der Waals surface area contributed by atoms with Crippen LogP contribution in [0.4, 0.5) is 5.82 Å². The second-order valence-electron chi connectivity index (χ2n) is 4.70. The molecule has 2 rings (SSSR count). The number of aryl methyl sites for hydroxylation is 1. The predicted octanol–water partition coefficient (Wildman–Crippen LogP) is 3.46. The average Bonchev–Trinajstić information content (AvgIpc) is 2.74. The number of anilines is 1. The third-order valence-corrected chi connectivity index (χ3v) is 3.87. The Labute approximate surface area is 102 Å². The third-order valence-electron chi connectivity index (χ3n) is 3.48. The van der Waals surface area contributed by atoms with Gasteiger partial charge < -0.3 is 5.32 Å². The van der Waals surface area contributed by atoms with Crippen LogP contribution in [0.5, 0.6) is 0 Å². The van der Waals surface area contributed by atoms with Gasteiger partial charge in [-0.25, -0.2) is 4.98 Å². The van der Waals surface area contributed by atoms with Gasteiger partial charge in [0.1, 0.15) is 5.82 Å². The SMILES string of the molecule is Cc1ccnc(NCC2CCCC2CCl)c1. The lowest BCUT2D eigenvalue weighted by Crippen LogP contribution is -2.19. The first-order valence-electron chi connectivity index (χ1n) is 6.02. The number of nitrogens with zero attached hydrogens (tertiary/aromatic N) is 1. The van der Waals surface area contributed by atoms with Crippen molar-refractivity contribution in [2.75, 3.05) is 17.7 Å². The van der Waals surface area contributed by atoms with Crippen LogP contribution in [0.15, 0.2) is 18.3 Å². The number of hydrogen-bond donors (Lipinski definition) is 1. The summed E-state index contributed by atoms with van der Waals surface area (Å²) in [6, 6.07) is 4.10. The van der Waals surface area contributed by atoms with Crippen LogP contribution in [-0.2, 0) is 0 Å². The molecule has 0 spiro atoms. The molecule has 2 unspecified atom stereocenters. The van der Waals surface area contributed by atoms with Crippen LogP contribution < -0.4 is 5.32 Å². The number of alkyl halides is 1. The number of hydrogen-bond acceptors (Lipinski definition) is 2. The van der Waals surface area contributed by atoms with Crippen molar-refractivity contribution in [2.24, 2.45) is 11.8 Å². The van der Waals surface area contributed by atoms with Crippen molar-refractivity contribution in [1.82, 2.24) is 4.98 Å². The van der Waals surface area contributed by atoms with Gasteiger partial charge in [-0.1, -0.05) is 6.42 Å². The summed E-state index contributed by atoms with van der Waals surface area (Å²) in [5.41, 5.74) is 1.25. The number of rotatable bonds is 4. The van der Waals surface area contributed by atoms with E-state index in [1.54, 1.807) is 0 Å². The first kappa shape index (κ1) is 11.7. The molecule has 2 atom stereocenters. The predicted molar refractivity (Wildman–Crippen MR) is 69.0 cm³/mol. The summed E-state index contributed by atoms with van der Waals surface area (Å²) in [4.78, 5) is 4.31. The van der Waals surface area contributed by atoms with Crippen molar-refractivity contribution in [3.8, 4) is 0 Å². The first-order chi connectivity index (χ1) is 7.79. The zero-order valence-corrected chi connectivity index (χ0v) is 10.5. The van der Waals surface area contributed by atoms with Crippen LogP contribution in [0.2, 0.25) is 0 Å². The topological polar surface area (TPSA) is 24.9 Å². The fourth-order valence-corrected chi connectivity index (χ4v) is 2.86. The van der Waals surface area contributed by atoms with Gasteiger partial charge in [-0.05, 0) is 49.3 Å². The maximum Gasteiger partial charge on any atom is 0.126 e. The lowest BCUT2D eigenvalue weighted by Gasteiger charge is -2.18. The van der Waals surface area contributed by atoms with Crippen molar-refractivity contribution in [1.29, 1.82) is 0 Å². The van der Waals surface area contributed by atoms with E-state index in [9.17, 15) is 0 Å². The van der Waals surface area contributed by atoms with Crippen LogP contribution in [0, 0.1) is 18.8 Å². The number of pyridine rings is 1. The molecule has 1 aliphatic carbocycles. The van der Waals surface area contributed by atoms with E-state index in [1.807, 2.05) is 12.3 Å². The van der Waals surface area contributed by atoms with Crippen LogP contribution in [0.25, 0.3) is 0 Å². The Morgan fingerprint density at radius 2 is 2.25 bits per heavy atom. The lowest BCUT2D eigenvalue weighted by atomic mass is 9.98. The molecule has 16 heavy (non-hydrogen) atoms. The van der Waals surface area contributed by atoms with Gasteiger partial charge in [0.05, 0.1) is 0 Å². The largest absolute Gasteiger partial charge is 0.370 e. The average molecular weight is 239 g/mol. The minimum atomic E-state index is 0.693. The minimum Gasteiger partial charge on any atom is -0.370 e. The van der Waals surface area contributed by atoms with E-state index in [4.69, 9.17) is 11.6 Å². The van der Waals surface area contributed by atoms with Gasteiger partial charge in [-0.3, -0.25) is 0 Å². The molecule has 0 radical (unpaired) electrons. The van der Waals surface area contributed by atoms with Crippen molar-refractivity contribution < 1.29 is 0 Å². The van der Waals surface area contributed by atoms with Crippen LogP contribution >= 0.6 is 11.6 Å². The van der Waals surface area contributed by atoms with E-state index < -0.39 is 0 Å². The van der Waals surface area contributed by atoms with E-state index >= 15 is 0 Å². The van der Waals surface area contributed by atoms with Gasteiger partial charge in [-0.15, -0.1) is 11.6 Å². The quantitative estimate of drug-likeness (QED) is 0.813. The molecule has 1 heterocycles. The molecule has 0 saturated heterocycles. The van der Waals surface area contributed by atoms with Gasteiger partial charge >= 0.3 is 0 Å². The summed E-state index contributed by atoms with van der Waals surface area (Å²) >= 11 is 5.97. The fourth-order valence-electron chi connectivity index (χ4n) is 2.45. The molecule has 0 amide bonds. The molecule has 1 fully saturated rings. The van der Waals surface area contributed by atoms with Crippen LogP contribution in [0.1, 0.15) is 24.8 Å². The highest BCUT2D eigenvalue weighted by atomic mass is 35.5. The summed E-state index contributed by atoms with van der Waals surface area (Å²) in [7, 11) is 0. The second kappa shape index (κ2) is 5.53. The summed E-state index contributed by atoms with van der Waals surface area (Å²) in [5.74, 6) is 3.20. The molecular formula is C13H19ClN2. The van der Waals surface area contributed by atoms with E-state index in [-0.39, 0.29) is 0 Å². The molecule has 0 bridgehead atoms. The summed E-state index contributed by atoms with van der Waals surface area (Å²) in [5, 5.41) is 3.42. The Balaban J connectivity index is 1.87. The van der Waals surface area contributed by atoms with E-state index in [0.29, 0.717) is 5.92 Å². The van der Waals surface area contributed by atoms with Gasteiger partial charge in [0.2, 0.25) is 0 Å². The van der Waals surface area contributed by atoms with E-state index in [2.05, 4.69) is 23.3 Å². The smallest absolute Gasteiger partial charge is 0.126 e. The van der Waals surface area contributed by atoms with Crippen LogP contribution in [0.3, 0.4) is 0 Å². The van der Waals surface area contributed by atoms with Gasteiger partial charge in [0.15, 0.2) is 0 Å². The van der Waals surface area contributed by atoms with Crippen molar-refractivity contribution in [2.45, 2.75) is 26.2 Å². The molecule has 1 aromatic rings. The summed E-state index contributed by atoms with van der Waals surface area (Å²) < 4.78 is 0. The molecule has 3 heteroatoms. The highest BCUT2D eigenvalue weighted by Gasteiger charge is 2.25. The molecule has 1 aromatic heterocycles. The van der Waals surface area contributed by atoms with Crippen molar-refractivity contribution in [3.05, 3.63) is 23.9 Å². The Bertz CT molecular complexity index is 340. The van der Waals surface area contributed by atoms with Gasteiger partial charge in [0, 0.05) is 18.6 Å². The number of aromatic nitrogens is 1. The maximum absolute atomic E-state index is 5.97. The Morgan fingerprint density at radius 3 is 3.00 bits per heavy atom. The molecule has 1 saturated carbocycles. The summed E-state index contributed by atoms with van der Waals surface area (Å²) in [6.07, 6.45) is 5.77. The second-order valence-corrected chi connectivity index (χ2v) is 5.01. The Hall–Kier alpha value is -0.760. The van der Waals surface area contributed by atoms with E-state index in [1.165, 1.54) is 24.8 Å². The minimum absolute atomic E-state index is 0.693. The Kier molecular flexibility index (Phi) is 4.05. The summed E-state index contributed by atoms with van der Waals surface area (Å²) in [6.45, 7) is 3.10. The highest BCUT2D eigenvalue weighted by Crippen LogP contribution is 2.32. The normalized spacial score (nSPS) is 24.6. The molecule has 1 aliphatic rings. The lowest BCUT2D eigenvalue weighted by molar-refractivity contribution is 0.444. The fraction of sp³-hybridized carbons (Fsp3) is 0.615. The third kappa shape index (κ3) is 2.88. The highest BCUT2D eigenvalue weighted by molar-refractivity contribution is 6.18. The van der Waals surface area contributed by atoms with Gasteiger partial charge in [-0.2, -0.15) is 0 Å². The van der Waals surface area contributed by atoms with E-state index in [0.717, 1.165) is 24.2 Å².